The summed E-state index contributed by atoms with van der Waals surface area (Å²) in [4.78, 5) is 2.66. The fourth-order valence-corrected chi connectivity index (χ4v) is 2.18. The smallest absolute Gasteiger partial charge is 0.00983 e. The Morgan fingerprint density at radius 2 is 2.18 bits per heavy atom. The van der Waals surface area contributed by atoms with E-state index in [1.165, 1.54) is 32.2 Å². The maximum atomic E-state index is 2.66. The van der Waals surface area contributed by atoms with Gasteiger partial charge in [-0.25, -0.2) is 0 Å². The molecule has 0 saturated carbocycles. The first kappa shape index (κ1) is 9.05. The molecule has 1 nitrogen and oxygen atoms in total. The summed E-state index contributed by atoms with van der Waals surface area (Å²) in [6.45, 7) is 8.25. The summed E-state index contributed by atoms with van der Waals surface area (Å²) >= 11 is 0. The van der Waals surface area contributed by atoms with E-state index in [1.807, 2.05) is 0 Å². The van der Waals surface area contributed by atoms with Crippen molar-refractivity contribution >= 4 is 0 Å². The van der Waals surface area contributed by atoms with E-state index in [1.54, 1.807) is 0 Å². The molecule has 0 unspecified atom stereocenters. The standard InChI is InChI=1S/C10H21N/c1-4-6-10-7-5-8-11(10)9(2)3/h9-10H,4-8H2,1-3H3/t10-/m1/s1. The van der Waals surface area contributed by atoms with Crippen LogP contribution in [0.15, 0.2) is 0 Å². The summed E-state index contributed by atoms with van der Waals surface area (Å²) in [5.41, 5.74) is 0. The highest BCUT2D eigenvalue weighted by Crippen LogP contribution is 2.23. The molecule has 1 atom stereocenters. The summed E-state index contributed by atoms with van der Waals surface area (Å²) in [5.74, 6) is 0. The van der Waals surface area contributed by atoms with Crippen LogP contribution in [0.3, 0.4) is 0 Å². The van der Waals surface area contributed by atoms with E-state index in [2.05, 4.69) is 25.7 Å². The molecule has 1 fully saturated rings. The van der Waals surface area contributed by atoms with Crippen LogP contribution in [0.1, 0.15) is 46.5 Å². The molecule has 0 aromatic carbocycles. The van der Waals surface area contributed by atoms with Crippen molar-refractivity contribution in [3.63, 3.8) is 0 Å². The van der Waals surface area contributed by atoms with Gasteiger partial charge < -0.3 is 0 Å². The molecule has 0 aromatic rings. The monoisotopic (exact) mass is 155 g/mol. The first-order valence-electron chi connectivity index (χ1n) is 5.01. The summed E-state index contributed by atoms with van der Waals surface area (Å²) in [6.07, 6.45) is 5.60. The lowest BCUT2D eigenvalue weighted by molar-refractivity contribution is 0.194. The van der Waals surface area contributed by atoms with E-state index in [9.17, 15) is 0 Å². The van der Waals surface area contributed by atoms with Crippen LogP contribution < -0.4 is 0 Å². The minimum absolute atomic E-state index is 0.758. The van der Waals surface area contributed by atoms with Crippen molar-refractivity contribution in [3.05, 3.63) is 0 Å². The topological polar surface area (TPSA) is 3.24 Å². The van der Waals surface area contributed by atoms with Crippen molar-refractivity contribution in [2.24, 2.45) is 0 Å². The Kier molecular flexibility index (Phi) is 3.38. The predicted molar refractivity (Wildman–Crippen MR) is 49.8 cm³/mol. The third-order valence-electron chi connectivity index (χ3n) is 2.71. The van der Waals surface area contributed by atoms with Gasteiger partial charge in [-0.3, -0.25) is 4.90 Å². The summed E-state index contributed by atoms with van der Waals surface area (Å²) in [7, 11) is 0. The van der Waals surface area contributed by atoms with E-state index in [0.29, 0.717) is 0 Å². The molecule has 0 bridgehead atoms. The van der Waals surface area contributed by atoms with Crippen molar-refractivity contribution in [1.29, 1.82) is 0 Å². The fraction of sp³-hybridized carbons (Fsp3) is 1.00. The quantitative estimate of drug-likeness (QED) is 0.605. The fourth-order valence-electron chi connectivity index (χ4n) is 2.18. The van der Waals surface area contributed by atoms with Gasteiger partial charge in [0, 0.05) is 12.1 Å². The highest BCUT2D eigenvalue weighted by molar-refractivity contribution is 4.80. The Morgan fingerprint density at radius 1 is 1.45 bits per heavy atom. The third kappa shape index (κ3) is 2.19. The van der Waals surface area contributed by atoms with Crippen molar-refractivity contribution in [1.82, 2.24) is 4.90 Å². The largest absolute Gasteiger partial charge is 0.298 e. The third-order valence-corrected chi connectivity index (χ3v) is 2.71. The van der Waals surface area contributed by atoms with Crippen molar-refractivity contribution in [3.8, 4) is 0 Å². The van der Waals surface area contributed by atoms with Crippen LogP contribution in [0.25, 0.3) is 0 Å². The number of hydrogen-bond donors (Lipinski definition) is 0. The van der Waals surface area contributed by atoms with Gasteiger partial charge in [-0.05, 0) is 39.7 Å². The van der Waals surface area contributed by atoms with Gasteiger partial charge in [-0.2, -0.15) is 0 Å². The van der Waals surface area contributed by atoms with Gasteiger partial charge in [-0.15, -0.1) is 0 Å². The minimum atomic E-state index is 0.758. The lowest BCUT2D eigenvalue weighted by Crippen LogP contribution is -2.35. The molecule has 1 heteroatoms. The molecule has 1 aliphatic rings. The first-order chi connectivity index (χ1) is 5.25. The maximum absolute atomic E-state index is 2.66. The molecule has 0 amide bonds. The second-order valence-electron chi connectivity index (χ2n) is 3.92. The highest BCUT2D eigenvalue weighted by atomic mass is 15.2. The molecular weight excluding hydrogens is 134 g/mol. The molecule has 0 aliphatic carbocycles. The normalized spacial score (nSPS) is 26.7. The molecular formula is C10H21N. The van der Waals surface area contributed by atoms with E-state index >= 15 is 0 Å². The zero-order chi connectivity index (χ0) is 8.27. The van der Waals surface area contributed by atoms with Crippen LogP contribution in [0, 0.1) is 0 Å². The zero-order valence-corrected chi connectivity index (χ0v) is 8.14. The van der Waals surface area contributed by atoms with Gasteiger partial charge in [0.2, 0.25) is 0 Å². The average Bonchev–Trinajstić information content (AvgIpc) is 2.36. The Balaban J connectivity index is 2.37. The molecule has 0 radical (unpaired) electrons. The van der Waals surface area contributed by atoms with E-state index in [-0.39, 0.29) is 0 Å². The van der Waals surface area contributed by atoms with Gasteiger partial charge in [0.1, 0.15) is 0 Å². The van der Waals surface area contributed by atoms with Crippen LogP contribution in [0.2, 0.25) is 0 Å². The SMILES string of the molecule is CCC[C@@H]1CCCN1C(C)C. The Hall–Kier alpha value is -0.0400. The molecule has 1 aliphatic heterocycles. The molecule has 0 N–H and O–H groups in total. The van der Waals surface area contributed by atoms with Crippen LogP contribution >= 0.6 is 0 Å². The van der Waals surface area contributed by atoms with Crippen molar-refractivity contribution < 1.29 is 0 Å². The van der Waals surface area contributed by atoms with Gasteiger partial charge in [-0.1, -0.05) is 13.3 Å². The lowest BCUT2D eigenvalue weighted by Gasteiger charge is -2.27. The zero-order valence-electron chi connectivity index (χ0n) is 8.14. The average molecular weight is 155 g/mol. The molecule has 1 rings (SSSR count). The second-order valence-corrected chi connectivity index (χ2v) is 3.92. The molecule has 0 spiro atoms. The summed E-state index contributed by atoms with van der Waals surface area (Å²) < 4.78 is 0. The second kappa shape index (κ2) is 4.10. The van der Waals surface area contributed by atoms with E-state index in [4.69, 9.17) is 0 Å². The number of nitrogens with zero attached hydrogens (tertiary/aromatic N) is 1. The van der Waals surface area contributed by atoms with Gasteiger partial charge in [0.05, 0.1) is 0 Å². The van der Waals surface area contributed by atoms with Crippen molar-refractivity contribution in [2.45, 2.75) is 58.5 Å². The molecule has 11 heavy (non-hydrogen) atoms. The molecule has 1 saturated heterocycles. The van der Waals surface area contributed by atoms with Gasteiger partial charge >= 0.3 is 0 Å². The van der Waals surface area contributed by atoms with Crippen LogP contribution in [0.4, 0.5) is 0 Å². The van der Waals surface area contributed by atoms with E-state index < -0.39 is 0 Å². The van der Waals surface area contributed by atoms with E-state index in [0.717, 1.165) is 12.1 Å². The Bertz CT molecular complexity index is 109. The first-order valence-corrected chi connectivity index (χ1v) is 5.01. The number of rotatable bonds is 3. The van der Waals surface area contributed by atoms with Gasteiger partial charge in [0.25, 0.3) is 0 Å². The molecule has 66 valence electrons. The van der Waals surface area contributed by atoms with Crippen LogP contribution in [-0.2, 0) is 0 Å². The molecule has 1 heterocycles. The Labute approximate surface area is 70.8 Å². The number of likely N-dealkylation sites (tertiary alicyclic amines) is 1. The highest BCUT2D eigenvalue weighted by Gasteiger charge is 2.24. The molecule has 0 aromatic heterocycles. The van der Waals surface area contributed by atoms with Crippen LogP contribution in [0.5, 0.6) is 0 Å². The van der Waals surface area contributed by atoms with Gasteiger partial charge in [0.15, 0.2) is 0 Å². The van der Waals surface area contributed by atoms with Crippen LogP contribution in [-0.4, -0.2) is 23.5 Å². The predicted octanol–water partition coefficient (Wildman–Crippen LogP) is 2.66. The summed E-state index contributed by atoms with van der Waals surface area (Å²) in [6, 6.07) is 1.66. The number of hydrogen-bond acceptors (Lipinski definition) is 1. The van der Waals surface area contributed by atoms with Crippen molar-refractivity contribution in [2.75, 3.05) is 6.54 Å². The lowest BCUT2D eigenvalue weighted by atomic mass is 10.1. The maximum Gasteiger partial charge on any atom is 0.00983 e. The Morgan fingerprint density at radius 3 is 2.73 bits per heavy atom. The summed E-state index contributed by atoms with van der Waals surface area (Å²) in [5, 5.41) is 0. The minimum Gasteiger partial charge on any atom is -0.298 e.